The zero-order valence-electron chi connectivity index (χ0n) is 10.5. The molecule has 0 aliphatic rings. The van der Waals surface area contributed by atoms with Gasteiger partial charge in [-0.3, -0.25) is 4.99 Å². The van der Waals surface area contributed by atoms with E-state index in [0.717, 1.165) is 12.1 Å². The minimum absolute atomic E-state index is 0.0231. The molecule has 0 atom stereocenters. The number of rotatable bonds is 6. The second kappa shape index (κ2) is 7.66. The van der Waals surface area contributed by atoms with Crippen molar-refractivity contribution in [3.05, 3.63) is 28.2 Å². The largest absolute Gasteiger partial charge is 0.511 e. The Bertz CT molecular complexity index is 435. The molecule has 98 valence electrons. The summed E-state index contributed by atoms with van der Waals surface area (Å²) in [5, 5.41) is 13.6. The van der Waals surface area contributed by atoms with Crippen molar-refractivity contribution in [2.24, 2.45) is 4.99 Å². The van der Waals surface area contributed by atoms with Gasteiger partial charge in [-0.15, -0.1) is 0 Å². The molecule has 0 aromatic carbocycles. The number of allylic oxidation sites excluding steroid dienone is 1. The number of hydrogen-bond acceptors (Lipinski definition) is 5. The number of aliphatic hydroxyl groups excluding tert-OH is 1. The lowest BCUT2D eigenvalue weighted by atomic mass is 10.2. The van der Waals surface area contributed by atoms with E-state index >= 15 is 0 Å². The average Bonchev–Trinajstić information content (AvgIpc) is 2.83. The van der Waals surface area contributed by atoms with E-state index in [9.17, 15) is 9.90 Å². The van der Waals surface area contributed by atoms with E-state index in [4.69, 9.17) is 4.74 Å². The van der Waals surface area contributed by atoms with Crippen LogP contribution in [0.1, 0.15) is 26.7 Å². The summed E-state index contributed by atoms with van der Waals surface area (Å²) in [7, 11) is 0. The summed E-state index contributed by atoms with van der Waals surface area (Å²) in [6, 6.07) is 1.83. The van der Waals surface area contributed by atoms with Crippen LogP contribution in [0.5, 0.6) is 0 Å². The van der Waals surface area contributed by atoms with Gasteiger partial charge in [-0.2, -0.15) is 11.3 Å². The molecule has 0 aliphatic carbocycles. The van der Waals surface area contributed by atoms with Crippen molar-refractivity contribution in [2.45, 2.75) is 26.7 Å². The Morgan fingerprint density at radius 2 is 2.33 bits per heavy atom. The molecule has 1 aromatic rings. The lowest BCUT2D eigenvalue weighted by Gasteiger charge is -2.05. The van der Waals surface area contributed by atoms with Crippen LogP contribution in [0.3, 0.4) is 0 Å². The summed E-state index contributed by atoms with van der Waals surface area (Å²) < 4.78 is 4.90. The van der Waals surface area contributed by atoms with Crippen LogP contribution in [0.4, 0.5) is 5.69 Å². The molecule has 4 nitrogen and oxygen atoms in total. The highest BCUT2D eigenvalue weighted by molar-refractivity contribution is 7.08. The average molecular weight is 267 g/mol. The monoisotopic (exact) mass is 267 g/mol. The summed E-state index contributed by atoms with van der Waals surface area (Å²) >= 11 is 1.52. The minimum atomic E-state index is -0.539. The van der Waals surface area contributed by atoms with Crippen LogP contribution in [0.15, 0.2) is 33.2 Å². The van der Waals surface area contributed by atoms with E-state index in [0.29, 0.717) is 6.42 Å². The molecular formula is C13H17NO3S. The van der Waals surface area contributed by atoms with Crippen LogP contribution in [0, 0.1) is 0 Å². The molecule has 0 radical (unpaired) electrons. The van der Waals surface area contributed by atoms with E-state index < -0.39 is 5.97 Å². The first kappa shape index (κ1) is 14.4. The van der Waals surface area contributed by atoms with Gasteiger partial charge in [0.25, 0.3) is 0 Å². The van der Waals surface area contributed by atoms with Gasteiger partial charge in [-0.05, 0) is 24.8 Å². The predicted molar refractivity (Wildman–Crippen MR) is 73.7 cm³/mol. The molecule has 1 rings (SSSR count). The number of carbonyl (C=O) groups is 1. The molecule has 0 unspecified atom stereocenters. The molecule has 0 aliphatic heterocycles. The number of thiophene rings is 1. The summed E-state index contributed by atoms with van der Waals surface area (Å²) in [4.78, 5) is 15.8. The van der Waals surface area contributed by atoms with Crippen LogP contribution in [0.2, 0.25) is 0 Å². The van der Waals surface area contributed by atoms with Crippen molar-refractivity contribution >= 4 is 29.2 Å². The first-order valence-electron chi connectivity index (χ1n) is 5.84. The standard InChI is InChI=1S/C13H17NO3S/c1-3-5-12(15)11(13(16)17-4-2)8-14-10-6-7-18-9-10/h6-9,15H,3-5H2,1-2H3/b12-11+,14-8?. The van der Waals surface area contributed by atoms with E-state index in [1.165, 1.54) is 17.6 Å². The highest BCUT2D eigenvalue weighted by Crippen LogP contribution is 2.16. The van der Waals surface area contributed by atoms with E-state index in [2.05, 4.69) is 4.99 Å². The zero-order chi connectivity index (χ0) is 13.4. The van der Waals surface area contributed by atoms with Crippen molar-refractivity contribution in [3.63, 3.8) is 0 Å². The molecular weight excluding hydrogens is 250 g/mol. The zero-order valence-corrected chi connectivity index (χ0v) is 11.4. The minimum Gasteiger partial charge on any atom is -0.511 e. The second-order valence-electron chi connectivity index (χ2n) is 3.57. The van der Waals surface area contributed by atoms with Crippen molar-refractivity contribution < 1.29 is 14.6 Å². The van der Waals surface area contributed by atoms with Gasteiger partial charge >= 0.3 is 5.97 Å². The number of hydrogen-bond donors (Lipinski definition) is 1. The molecule has 1 heterocycles. The molecule has 0 fully saturated rings. The molecule has 0 saturated carbocycles. The Morgan fingerprint density at radius 1 is 1.56 bits per heavy atom. The summed E-state index contributed by atoms with van der Waals surface area (Å²) in [6.45, 7) is 3.92. The van der Waals surface area contributed by atoms with Gasteiger partial charge in [0.2, 0.25) is 0 Å². The van der Waals surface area contributed by atoms with E-state index in [-0.39, 0.29) is 17.9 Å². The Balaban J connectivity index is 2.91. The first-order valence-corrected chi connectivity index (χ1v) is 6.78. The fourth-order valence-electron chi connectivity index (χ4n) is 1.30. The quantitative estimate of drug-likeness (QED) is 0.370. The number of ether oxygens (including phenoxy) is 1. The molecule has 0 bridgehead atoms. The second-order valence-corrected chi connectivity index (χ2v) is 4.35. The van der Waals surface area contributed by atoms with Crippen LogP contribution < -0.4 is 0 Å². The number of aliphatic imine (C=N–C) groups is 1. The van der Waals surface area contributed by atoms with Gasteiger partial charge in [0.15, 0.2) is 0 Å². The van der Waals surface area contributed by atoms with Gasteiger partial charge in [-0.1, -0.05) is 6.92 Å². The Labute approximate surface area is 111 Å². The van der Waals surface area contributed by atoms with Gasteiger partial charge in [-0.25, -0.2) is 4.79 Å². The number of aliphatic hydroxyl groups is 1. The Morgan fingerprint density at radius 3 is 2.89 bits per heavy atom. The maximum absolute atomic E-state index is 11.7. The van der Waals surface area contributed by atoms with Gasteiger partial charge in [0, 0.05) is 18.0 Å². The smallest absolute Gasteiger partial charge is 0.343 e. The molecule has 0 spiro atoms. The van der Waals surface area contributed by atoms with Gasteiger partial charge < -0.3 is 9.84 Å². The number of esters is 1. The highest BCUT2D eigenvalue weighted by Gasteiger charge is 2.14. The maximum Gasteiger partial charge on any atom is 0.343 e. The molecule has 0 amide bonds. The number of carbonyl (C=O) groups excluding carboxylic acids is 1. The van der Waals surface area contributed by atoms with E-state index in [1.54, 1.807) is 6.92 Å². The van der Waals surface area contributed by atoms with Crippen molar-refractivity contribution in [2.75, 3.05) is 6.61 Å². The molecule has 18 heavy (non-hydrogen) atoms. The maximum atomic E-state index is 11.7. The van der Waals surface area contributed by atoms with Gasteiger partial charge in [0.05, 0.1) is 12.3 Å². The molecule has 1 N–H and O–H groups in total. The predicted octanol–water partition coefficient (Wildman–Crippen LogP) is 3.63. The highest BCUT2D eigenvalue weighted by atomic mass is 32.1. The normalized spacial score (nSPS) is 12.6. The van der Waals surface area contributed by atoms with Crippen LogP contribution in [-0.4, -0.2) is 23.9 Å². The van der Waals surface area contributed by atoms with E-state index in [1.807, 2.05) is 23.8 Å². The lowest BCUT2D eigenvalue weighted by Crippen LogP contribution is -2.11. The van der Waals surface area contributed by atoms with Crippen molar-refractivity contribution in [1.82, 2.24) is 0 Å². The third-order valence-electron chi connectivity index (χ3n) is 2.14. The molecule has 0 saturated heterocycles. The summed E-state index contributed by atoms with van der Waals surface area (Å²) in [5.74, 6) is -0.516. The molecule has 5 heteroatoms. The van der Waals surface area contributed by atoms with Crippen LogP contribution in [0.25, 0.3) is 0 Å². The third kappa shape index (κ3) is 4.33. The topological polar surface area (TPSA) is 58.9 Å². The van der Waals surface area contributed by atoms with Crippen molar-refractivity contribution in [3.8, 4) is 0 Å². The first-order chi connectivity index (χ1) is 8.69. The summed E-state index contributed by atoms with van der Waals surface area (Å²) in [5.41, 5.74) is 0.885. The van der Waals surface area contributed by atoms with Crippen LogP contribution in [-0.2, 0) is 9.53 Å². The number of nitrogens with zero attached hydrogens (tertiary/aromatic N) is 1. The van der Waals surface area contributed by atoms with Gasteiger partial charge in [0.1, 0.15) is 11.3 Å². The molecule has 1 aromatic heterocycles. The summed E-state index contributed by atoms with van der Waals surface area (Å²) in [6.07, 6.45) is 2.55. The fraction of sp³-hybridized carbons (Fsp3) is 0.385. The SMILES string of the molecule is CCC/C(O)=C(/C=Nc1ccsc1)C(=O)OCC. The van der Waals surface area contributed by atoms with Crippen LogP contribution >= 0.6 is 11.3 Å². The fourth-order valence-corrected chi connectivity index (χ4v) is 1.87. The van der Waals surface area contributed by atoms with Crippen molar-refractivity contribution in [1.29, 1.82) is 0 Å². The Hall–Kier alpha value is -1.62. The Kier molecular flexibility index (Phi) is 6.14. The lowest BCUT2D eigenvalue weighted by molar-refractivity contribution is -0.138. The third-order valence-corrected chi connectivity index (χ3v) is 2.81.